The summed E-state index contributed by atoms with van der Waals surface area (Å²) in [6, 6.07) is 16.4. The molecule has 2 aliphatic rings. The zero-order valence-corrected chi connectivity index (χ0v) is 17.9. The Balaban J connectivity index is 0.00000240. The van der Waals surface area contributed by atoms with Crippen LogP contribution in [0.15, 0.2) is 48.5 Å². The number of likely N-dealkylation sites (tertiary alicyclic amines) is 1. The van der Waals surface area contributed by atoms with Gasteiger partial charge in [-0.15, -0.1) is 12.4 Å². The molecule has 4 nitrogen and oxygen atoms in total. The summed E-state index contributed by atoms with van der Waals surface area (Å²) in [5.74, 6) is 1.66. The van der Waals surface area contributed by atoms with Gasteiger partial charge in [0, 0.05) is 19.1 Å². The SMILES string of the molecule is Cc1ccccc1COc1ccccc1C(=O)N1CCC(NCC2CC2)CC1.Cl. The molecule has 5 heteroatoms. The topological polar surface area (TPSA) is 41.6 Å². The molecule has 0 spiro atoms. The van der Waals surface area contributed by atoms with Crippen LogP contribution in [0.5, 0.6) is 5.75 Å². The molecule has 1 aliphatic carbocycles. The van der Waals surface area contributed by atoms with Crippen LogP contribution in [0.3, 0.4) is 0 Å². The van der Waals surface area contributed by atoms with Crippen molar-refractivity contribution in [1.29, 1.82) is 0 Å². The van der Waals surface area contributed by atoms with Crippen molar-refractivity contribution in [3.63, 3.8) is 0 Å². The normalized spacial score (nSPS) is 16.9. The molecule has 2 aromatic rings. The van der Waals surface area contributed by atoms with Gasteiger partial charge in [0.2, 0.25) is 0 Å². The van der Waals surface area contributed by atoms with Crippen molar-refractivity contribution in [2.75, 3.05) is 19.6 Å². The standard InChI is InChI=1S/C24H30N2O2.ClH/c1-18-6-2-3-7-20(18)17-28-23-9-5-4-8-22(23)24(27)26-14-12-21(13-15-26)25-16-19-10-11-19;/h2-9,19,21,25H,10-17H2,1H3;1H. The van der Waals surface area contributed by atoms with E-state index >= 15 is 0 Å². The lowest BCUT2D eigenvalue weighted by Gasteiger charge is -2.33. The maximum absolute atomic E-state index is 13.1. The molecule has 0 radical (unpaired) electrons. The summed E-state index contributed by atoms with van der Waals surface area (Å²) in [5, 5.41) is 3.68. The average molecular weight is 415 g/mol. The Morgan fingerprint density at radius 1 is 1.03 bits per heavy atom. The van der Waals surface area contributed by atoms with E-state index < -0.39 is 0 Å². The van der Waals surface area contributed by atoms with E-state index in [4.69, 9.17) is 4.74 Å². The second-order valence-electron chi connectivity index (χ2n) is 8.13. The maximum atomic E-state index is 13.1. The maximum Gasteiger partial charge on any atom is 0.257 e. The first-order chi connectivity index (χ1) is 13.7. The number of hydrogen-bond acceptors (Lipinski definition) is 3. The first-order valence-electron chi connectivity index (χ1n) is 10.5. The van der Waals surface area contributed by atoms with Gasteiger partial charge < -0.3 is 15.0 Å². The molecular weight excluding hydrogens is 384 g/mol. The van der Waals surface area contributed by atoms with E-state index in [0.29, 0.717) is 24.0 Å². The fourth-order valence-electron chi connectivity index (χ4n) is 3.81. The molecule has 2 aromatic carbocycles. The summed E-state index contributed by atoms with van der Waals surface area (Å²) in [4.78, 5) is 15.1. The summed E-state index contributed by atoms with van der Waals surface area (Å²) in [6.45, 7) is 5.33. The van der Waals surface area contributed by atoms with Gasteiger partial charge in [0.25, 0.3) is 5.91 Å². The molecule has 1 heterocycles. The van der Waals surface area contributed by atoms with Crippen LogP contribution < -0.4 is 10.1 Å². The summed E-state index contributed by atoms with van der Waals surface area (Å²) in [6.07, 6.45) is 4.82. The van der Waals surface area contributed by atoms with Gasteiger partial charge in [0.15, 0.2) is 0 Å². The molecule has 156 valence electrons. The Hall–Kier alpha value is -2.04. The van der Waals surface area contributed by atoms with Crippen molar-refractivity contribution in [2.45, 2.75) is 45.3 Å². The fraction of sp³-hybridized carbons (Fsp3) is 0.458. The smallest absolute Gasteiger partial charge is 0.257 e. The average Bonchev–Trinajstić information content (AvgIpc) is 3.56. The van der Waals surface area contributed by atoms with Gasteiger partial charge in [-0.25, -0.2) is 0 Å². The predicted molar refractivity (Wildman–Crippen MR) is 119 cm³/mol. The Morgan fingerprint density at radius 3 is 2.45 bits per heavy atom. The van der Waals surface area contributed by atoms with Crippen LogP contribution in [0.1, 0.15) is 47.2 Å². The van der Waals surface area contributed by atoms with Crippen LogP contribution >= 0.6 is 12.4 Å². The number of aryl methyl sites for hydroxylation is 1. The number of para-hydroxylation sites is 1. The first-order valence-corrected chi connectivity index (χ1v) is 10.5. The lowest BCUT2D eigenvalue weighted by Crippen LogP contribution is -2.45. The van der Waals surface area contributed by atoms with E-state index in [1.165, 1.54) is 18.4 Å². The number of carbonyl (C=O) groups is 1. The number of carbonyl (C=O) groups excluding carboxylic acids is 1. The van der Waals surface area contributed by atoms with Crippen LogP contribution in [-0.4, -0.2) is 36.5 Å². The van der Waals surface area contributed by atoms with E-state index in [2.05, 4.69) is 24.4 Å². The highest BCUT2D eigenvalue weighted by atomic mass is 35.5. The van der Waals surface area contributed by atoms with Crippen molar-refractivity contribution >= 4 is 18.3 Å². The number of benzene rings is 2. The molecule has 0 aromatic heterocycles. The monoisotopic (exact) mass is 414 g/mol. The Labute approximate surface area is 180 Å². The molecule has 1 aliphatic heterocycles. The van der Waals surface area contributed by atoms with Gasteiger partial charge in [-0.1, -0.05) is 36.4 Å². The lowest BCUT2D eigenvalue weighted by atomic mass is 10.0. The highest BCUT2D eigenvalue weighted by Crippen LogP contribution is 2.28. The van der Waals surface area contributed by atoms with Crippen molar-refractivity contribution in [1.82, 2.24) is 10.2 Å². The highest BCUT2D eigenvalue weighted by Gasteiger charge is 2.27. The zero-order valence-electron chi connectivity index (χ0n) is 17.1. The second-order valence-corrected chi connectivity index (χ2v) is 8.13. The van der Waals surface area contributed by atoms with Crippen molar-refractivity contribution in [3.05, 3.63) is 65.2 Å². The second kappa shape index (κ2) is 10.1. The Bertz CT molecular complexity index is 814. The summed E-state index contributed by atoms with van der Waals surface area (Å²) in [5.41, 5.74) is 3.01. The quantitative estimate of drug-likeness (QED) is 0.719. The van der Waals surface area contributed by atoms with Crippen LogP contribution in [0.2, 0.25) is 0 Å². The molecule has 1 saturated heterocycles. The molecule has 4 rings (SSSR count). The molecule has 0 bridgehead atoms. The van der Waals surface area contributed by atoms with Gasteiger partial charge in [0.05, 0.1) is 5.56 Å². The summed E-state index contributed by atoms with van der Waals surface area (Å²) < 4.78 is 6.05. The number of piperidine rings is 1. The number of ether oxygens (including phenoxy) is 1. The number of amides is 1. The van der Waals surface area contributed by atoms with Gasteiger partial charge in [-0.3, -0.25) is 4.79 Å². The van der Waals surface area contributed by atoms with Gasteiger partial charge in [-0.2, -0.15) is 0 Å². The molecule has 2 fully saturated rings. The third kappa shape index (κ3) is 5.74. The number of rotatable bonds is 7. The molecular formula is C24H31ClN2O2. The molecule has 29 heavy (non-hydrogen) atoms. The molecule has 1 amide bonds. The molecule has 1 saturated carbocycles. The van der Waals surface area contributed by atoms with Crippen molar-refractivity contribution < 1.29 is 9.53 Å². The number of hydrogen-bond donors (Lipinski definition) is 1. The van der Waals surface area contributed by atoms with E-state index in [-0.39, 0.29) is 18.3 Å². The number of nitrogens with zero attached hydrogens (tertiary/aromatic N) is 1. The van der Waals surface area contributed by atoms with Gasteiger partial charge in [0.1, 0.15) is 12.4 Å². The molecule has 0 unspecified atom stereocenters. The van der Waals surface area contributed by atoms with Gasteiger partial charge >= 0.3 is 0 Å². The van der Waals surface area contributed by atoms with E-state index in [1.54, 1.807) is 0 Å². The Kier molecular flexibility index (Phi) is 7.57. The Morgan fingerprint density at radius 2 is 1.72 bits per heavy atom. The van der Waals surface area contributed by atoms with E-state index in [9.17, 15) is 4.79 Å². The minimum atomic E-state index is 0. The van der Waals surface area contributed by atoms with Gasteiger partial charge in [-0.05, 0) is 68.3 Å². The third-order valence-corrected chi connectivity index (χ3v) is 5.94. The van der Waals surface area contributed by atoms with Crippen LogP contribution in [0, 0.1) is 12.8 Å². The minimum absolute atomic E-state index is 0. The predicted octanol–water partition coefficient (Wildman–Crippen LogP) is 4.60. The number of halogens is 1. The van der Waals surface area contributed by atoms with Crippen molar-refractivity contribution in [3.8, 4) is 5.75 Å². The first kappa shape index (κ1) is 21.7. The number of nitrogens with one attached hydrogen (secondary N) is 1. The largest absolute Gasteiger partial charge is 0.488 e. The van der Waals surface area contributed by atoms with Crippen molar-refractivity contribution in [2.24, 2.45) is 5.92 Å². The van der Waals surface area contributed by atoms with E-state index in [1.807, 2.05) is 41.3 Å². The zero-order chi connectivity index (χ0) is 19.3. The molecule has 1 N–H and O–H groups in total. The molecule has 0 atom stereocenters. The summed E-state index contributed by atoms with van der Waals surface area (Å²) >= 11 is 0. The lowest BCUT2D eigenvalue weighted by molar-refractivity contribution is 0.0700. The third-order valence-electron chi connectivity index (χ3n) is 5.94. The van der Waals surface area contributed by atoms with Crippen LogP contribution in [-0.2, 0) is 6.61 Å². The van der Waals surface area contributed by atoms with E-state index in [0.717, 1.165) is 44.0 Å². The minimum Gasteiger partial charge on any atom is -0.488 e. The van der Waals surface area contributed by atoms with Crippen LogP contribution in [0.25, 0.3) is 0 Å². The summed E-state index contributed by atoms with van der Waals surface area (Å²) in [7, 11) is 0. The fourth-order valence-corrected chi connectivity index (χ4v) is 3.81. The highest BCUT2D eigenvalue weighted by molar-refractivity contribution is 5.97. The van der Waals surface area contributed by atoms with Crippen LogP contribution in [0.4, 0.5) is 0 Å².